The van der Waals surface area contributed by atoms with Crippen LogP contribution >= 0.6 is 0 Å². The van der Waals surface area contributed by atoms with Gasteiger partial charge in [-0.05, 0) is 13.0 Å². The molecule has 0 rings (SSSR count). The van der Waals surface area contributed by atoms with Crippen LogP contribution in [0.5, 0.6) is 0 Å². The first-order valence-corrected chi connectivity index (χ1v) is 4.26. The zero-order chi connectivity index (χ0) is 10.1. The summed E-state index contributed by atoms with van der Waals surface area (Å²) in [6.45, 7) is 1.71. The standard InChI is InChI=1S/C8H17NO4/c1-13-4-2-3-9-6-7(10)5-8(11)12/h7,9-10H,2-6H2,1H3,(H,11,12). The van der Waals surface area contributed by atoms with E-state index < -0.39 is 12.1 Å². The van der Waals surface area contributed by atoms with Crippen LogP contribution in [0.1, 0.15) is 12.8 Å². The molecule has 0 aliphatic heterocycles. The molecule has 0 aromatic carbocycles. The van der Waals surface area contributed by atoms with E-state index in [1.807, 2.05) is 0 Å². The van der Waals surface area contributed by atoms with E-state index in [-0.39, 0.29) is 6.42 Å². The van der Waals surface area contributed by atoms with Gasteiger partial charge in [-0.15, -0.1) is 0 Å². The molecular formula is C8H17NO4. The molecule has 0 aromatic rings. The molecule has 0 spiro atoms. The van der Waals surface area contributed by atoms with Crippen LogP contribution in [0.2, 0.25) is 0 Å². The van der Waals surface area contributed by atoms with Crippen LogP contribution in [-0.2, 0) is 9.53 Å². The molecule has 5 nitrogen and oxygen atoms in total. The van der Waals surface area contributed by atoms with E-state index >= 15 is 0 Å². The Kier molecular flexibility index (Phi) is 7.57. The Morgan fingerprint density at radius 1 is 1.62 bits per heavy atom. The number of methoxy groups -OCH3 is 1. The Bertz CT molecular complexity index is 140. The zero-order valence-corrected chi connectivity index (χ0v) is 7.82. The highest BCUT2D eigenvalue weighted by atomic mass is 16.5. The van der Waals surface area contributed by atoms with Crippen molar-refractivity contribution in [2.24, 2.45) is 0 Å². The molecule has 5 heteroatoms. The molecule has 78 valence electrons. The van der Waals surface area contributed by atoms with Crippen LogP contribution < -0.4 is 5.32 Å². The third kappa shape index (κ3) is 9.26. The average Bonchev–Trinajstić information content (AvgIpc) is 2.02. The lowest BCUT2D eigenvalue weighted by Crippen LogP contribution is -2.29. The third-order valence-corrected chi connectivity index (χ3v) is 1.49. The summed E-state index contributed by atoms with van der Waals surface area (Å²) in [6, 6.07) is 0. The van der Waals surface area contributed by atoms with Crippen molar-refractivity contribution in [3.05, 3.63) is 0 Å². The summed E-state index contributed by atoms with van der Waals surface area (Å²) in [5, 5.41) is 20.4. The molecule has 0 fully saturated rings. The fourth-order valence-corrected chi connectivity index (χ4v) is 0.884. The third-order valence-electron chi connectivity index (χ3n) is 1.49. The minimum absolute atomic E-state index is 0.211. The molecule has 0 heterocycles. The Labute approximate surface area is 77.7 Å². The Morgan fingerprint density at radius 3 is 2.85 bits per heavy atom. The van der Waals surface area contributed by atoms with E-state index in [0.717, 1.165) is 13.0 Å². The lowest BCUT2D eigenvalue weighted by molar-refractivity contribution is -0.139. The van der Waals surface area contributed by atoms with Crippen molar-refractivity contribution < 1.29 is 19.7 Å². The molecule has 3 N–H and O–H groups in total. The van der Waals surface area contributed by atoms with Crippen LogP contribution in [0.25, 0.3) is 0 Å². The van der Waals surface area contributed by atoms with Gasteiger partial charge in [-0.25, -0.2) is 0 Å². The van der Waals surface area contributed by atoms with E-state index in [1.54, 1.807) is 7.11 Å². The van der Waals surface area contributed by atoms with E-state index in [0.29, 0.717) is 13.2 Å². The number of nitrogens with one attached hydrogen (secondary N) is 1. The van der Waals surface area contributed by atoms with E-state index in [2.05, 4.69) is 5.32 Å². The van der Waals surface area contributed by atoms with Crippen molar-refractivity contribution in [2.75, 3.05) is 26.8 Å². The number of carboxylic acids is 1. The van der Waals surface area contributed by atoms with Gasteiger partial charge in [0.2, 0.25) is 0 Å². The number of rotatable bonds is 8. The van der Waals surface area contributed by atoms with Gasteiger partial charge in [-0.2, -0.15) is 0 Å². The van der Waals surface area contributed by atoms with Crippen molar-refractivity contribution in [3.63, 3.8) is 0 Å². The van der Waals surface area contributed by atoms with Gasteiger partial charge in [0.05, 0.1) is 12.5 Å². The van der Waals surface area contributed by atoms with Crippen LogP contribution in [-0.4, -0.2) is 49.1 Å². The van der Waals surface area contributed by atoms with Crippen LogP contribution in [0.15, 0.2) is 0 Å². The van der Waals surface area contributed by atoms with Gasteiger partial charge in [-0.3, -0.25) is 4.79 Å². The minimum atomic E-state index is -0.980. The van der Waals surface area contributed by atoms with Crippen molar-refractivity contribution in [2.45, 2.75) is 18.9 Å². The highest BCUT2D eigenvalue weighted by molar-refractivity contribution is 5.67. The van der Waals surface area contributed by atoms with E-state index in [9.17, 15) is 4.79 Å². The van der Waals surface area contributed by atoms with Gasteiger partial charge in [0.15, 0.2) is 0 Å². The number of hydrogen-bond acceptors (Lipinski definition) is 4. The lowest BCUT2D eigenvalue weighted by atomic mass is 10.2. The van der Waals surface area contributed by atoms with Crippen molar-refractivity contribution in [1.82, 2.24) is 5.32 Å². The van der Waals surface area contributed by atoms with E-state index in [4.69, 9.17) is 14.9 Å². The topological polar surface area (TPSA) is 78.8 Å². The first-order chi connectivity index (χ1) is 6.16. The number of hydrogen-bond donors (Lipinski definition) is 3. The summed E-state index contributed by atoms with van der Waals surface area (Å²) >= 11 is 0. The molecule has 0 saturated carbocycles. The first-order valence-electron chi connectivity index (χ1n) is 4.26. The van der Waals surface area contributed by atoms with Crippen molar-refractivity contribution in [1.29, 1.82) is 0 Å². The molecule has 0 bridgehead atoms. The highest BCUT2D eigenvalue weighted by Crippen LogP contribution is 1.89. The molecule has 0 aliphatic rings. The summed E-state index contributed by atoms with van der Waals surface area (Å²) < 4.78 is 4.82. The summed E-state index contributed by atoms with van der Waals surface area (Å²) in [5.74, 6) is -0.980. The van der Waals surface area contributed by atoms with Gasteiger partial charge in [0.25, 0.3) is 0 Å². The van der Waals surface area contributed by atoms with Crippen molar-refractivity contribution >= 4 is 5.97 Å². The zero-order valence-electron chi connectivity index (χ0n) is 7.82. The maximum absolute atomic E-state index is 10.1. The molecule has 1 unspecified atom stereocenters. The van der Waals surface area contributed by atoms with Crippen LogP contribution in [0, 0.1) is 0 Å². The monoisotopic (exact) mass is 191 g/mol. The molecule has 0 amide bonds. The number of carbonyl (C=O) groups is 1. The smallest absolute Gasteiger partial charge is 0.306 e. The number of ether oxygens (including phenoxy) is 1. The number of carboxylic acid groups (broad SMARTS) is 1. The summed E-state index contributed by atoms with van der Waals surface area (Å²) in [7, 11) is 1.62. The van der Waals surface area contributed by atoms with Crippen LogP contribution in [0.3, 0.4) is 0 Å². The first kappa shape index (κ1) is 12.3. The molecule has 13 heavy (non-hydrogen) atoms. The summed E-state index contributed by atoms with van der Waals surface area (Å²) in [6.07, 6.45) is -0.159. The minimum Gasteiger partial charge on any atom is -0.481 e. The van der Waals surface area contributed by atoms with Gasteiger partial charge >= 0.3 is 5.97 Å². The predicted octanol–water partition coefficient (Wildman–Crippen LogP) is -0.552. The van der Waals surface area contributed by atoms with Gasteiger partial charge in [0, 0.05) is 20.3 Å². The number of aliphatic hydroxyl groups excluding tert-OH is 1. The van der Waals surface area contributed by atoms with Gasteiger partial charge in [0.1, 0.15) is 0 Å². The fourth-order valence-electron chi connectivity index (χ4n) is 0.884. The second kappa shape index (κ2) is 7.97. The normalized spacial score (nSPS) is 12.8. The second-order valence-corrected chi connectivity index (χ2v) is 2.80. The maximum Gasteiger partial charge on any atom is 0.306 e. The highest BCUT2D eigenvalue weighted by Gasteiger charge is 2.07. The summed E-state index contributed by atoms with van der Waals surface area (Å²) in [4.78, 5) is 10.1. The summed E-state index contributed by atoms with van der Waals surface area (Å²) in [5.41, 5.74) is 0. The predicted molar refractivity (Wildman–Crippen MR) is 47.6 cm³/mol. The number of aliphatic hydroxyl groups is 1. The van der Waals surface area contributed by atoms with Crippen LogP contribution in [0.4, 0.5) is 0 Å². The molecular weight excluding hydrogens is 174 g/mol. The molecule has 0 aromatic heterocycles. The molecule has 0 radical (unpaired) electrons. The molecule has 0 aliphatic carbocycles. The second-order valence-electron chi connectivity index (χ2n) is 2.80. The Morgan fingerprint density at radius 2 is 2.31 bits per heavy atom. The molecule has 0 saturated heterocycles. The Hall–Kier alpha value is -0.650. The van der Waals surface area contributed by atoms with Gasteiger partial charge < -0.3 is 20.3 Å². The quantitative estimate of drug-likeness (QED) is 0.448. The SMILES string of the molecule is COCCCNCC(O)CC(=O)O. The number of aliphatic carboxylic acids is 1. The average molecular weight is 191 g/mol. The Balaban J connectivity index is 3.17. The van der Waals surface area contributed by atoms with E-state index in [1.165, 1.54) is 0 Å². The van der Waals surface area contributed by atoms with Crippen molar-refractivity contribution in [3.8, 4) is 0 Å². The lowest BCUT2D eigenvalue weighted by Gasteiger charge is -2.08. The molecule has 1 atom stereocenters. The largest absolute Gasteiger partial charge is 0.481 e. The maximum atomic E-state index is 10.1. The fraction of sp³-hybridized carbons (Fsp3) is 0.875. The van der Waals surface area contributed by atoms with Gasteiger partial charge in [-0.1, -0.05) is 0 Å².